The average molecular weight is 90.1 g/mol. The molecule has 0 unspecified atom stereocenters. The van der Waals surface area contributed by atoms with Crippen molar-refractivity contribution in [3.63, 3.8) is 0 Å². The van der Waals surface area contributed by atoms with Gasteiger partial charge in [0.2, 0.25) is 0 Å². The van der Waals surface area contributed by atoms with E-state index in [0.29, 0.717) is 0 Å². The van der Waals surface area contributed by atoms with Crippen LogP contribution in [0, 0.1) is 0 Å². The van der Waals surface area contributed by atoms with Gasteiger partial charge in [-0.1, -0.05) is 13.2 Å². The first-order chi connectivity index (χ1) is 2.41. The second-order valence-corrected chi connectivity index (χ2v) is 0.469. The second-order valence-electron chi connectivity index (χ2n) is 0.469. The van der Waals surface area contributed by atoms with E-state index in [0.717, 1.165) is 0 Å². The van der Waals surface area contributed by atoms with Crippen molar-refractivity contribution >= 4 is 0 Å². The lowest BCUT2D eigenvalue weighted by atomic mass is 11.1. The number of rotatable bonds is 2. The van der Waals surface area contributed by atoms with Crippen LogP contribution in [0.1, 0.15) is 0 Å². The van der Waals surface area contributed by atoms with Gasteiger partial charge in [0, 0.05) is 0 Å². The Kier molecular flexibility index (Phi) is 13.3. The molecule has 0 N–H and O–H groups in total. The van der Waals surface area contributed by atoms with E-state index in [1.54, 1.807) is 0 Å². The van der Waals surface area contributed by atoms with Crippen LogP contribution in [0.4, 0.5) is 4.70 Å². The molecule has 0 fully saturated rings. The smallest absolute Gasteiger partial charge is 0.0829 e. The van der Waals surface area contributed by atoms with Crippen LogP contribution < -0.4 is 0 Å². The highest BCUT2D eigenvalue weighted by Gasteiger charge is 1.45. The van der Waals surface area contributed by atoms with Crippen LogP contribution in [0.2, 0.25) is 0 Å². The lowest BCUT2D eigenvalue weighted by molar-refractivity contribution is 0.406. The Morgan fingerprint density at radius 3 is 1.50 bits per heavy atom. The Morgan fingerprint density at radius 2 is 1.50 bits per heavy atom. The molecular formula is C4H7FO. The fourth-order valence-electron chi connectivity index (χ4n) is 0.0680. The van der Waals surface area contributed by atoms with E-state index in [-0.39, 0.29) is 4.70 Å². The summed E-state index contributed by atoms with van der Waals surface area (Å²) in [6.07, 6.45) is 2.62. The van der Waals surface area contributed by atoms with E-state index >= 15 is 0 Å². The van der Waals surface area contributed by atoms with Crippen molar-refractivity contribution in [3.8, 4) is 0 Å². The molecule has 0 aliphatic rings. The van der Waals surface area contributed by atoms with E-state index in [2.05, 4.69) is 17.9 Å². The first-order valence-electron chi connectivity index (χ1n) is 1.29. The van der Waals surface area contributed by atoms with Crippen molar-refractivity contribution in [1.82, 2.24) is 0 Å². The molecule has 2 heteroatoms. The summed E-state index contributed by atoms with van der Waals surface area (Å²) in [7, 11) is 0. The quantitative estimate of drug-likeness (QED) is 0.466. The average Bonchev–Trinajstić information content (AvgIpc) is 1.41. The third-order valence-corrected chi connectivity index (χ3v) is 0.192. The van der Waals surface area contributed by atoms with Crippen molar-refractivity contribution in [1.29, 1.82) is 0 Å². The van der Waals surface area contributed by atoms with E-state index in [9.17, 15) is 0 Å². The summed E-state index contributed by atoms with van der Waals surface area (Å²) >= 11 is 0. The summed E-state index contributed by atoms with van der Waals surface area (Å²) in [4.78, 5) is 0. The molecule has 0 aromatic carbocycles. The minimum atomic E-state index is 0. The molecule has 1 nitrogen and oxygen atoms in total. The number of halogens is 1. The van der Waals surface area contributed by atoms with Crippen molar-refractivity contribution in [2.45, 2.75) is 0 Å². The summed E-state index contributed by atoms with van der Waals surface area (Å²) in [5, 5.41) is 0. The molecule has 0 atom stereocenters. The zero-order chi connectivity index (χ0) is 4.12. The van der Waals surface area contributed by atoms with Gasteiger partial charge in [0.05, 0.1) is 12.5 Å². The SMILES string of the molecule is C=COC=C.F. The van der Waals surface area contributed by atoms with Gasteiger partial charge in [0.15, 0.2) is 0 Å². The van der Waals surface area contributed by atoms with Gasteiger partial charge in [-0.2, -0.15) is 0 Å². The highest BCUT2D eigenvalue weighted by molar-refractivity contribution is 4.57. The zero-order valence-corrected chi connectivity index (χ0v) is 3.39. The van der Waals surface area contributed by atoms with E-state index < -0.39 is 0 Å². The number of ether oxygens (including phenoxy) is 1. The molecule has 0 amide bonds. The summed E-state index contributed by atoms with van der Waals surface area (Å²) in [6, 6.07) is 0. The molecule has 0 saturated carbocycles. The van der Waals surface area contributed by atoms with Crippen LogP contribution in [0.3, 0.4) is 0 Å². The van der Waals surface area contributed by atoms with Crippen LogP contribution in [0.25, 0.3) is 0 Å². The number of hydrogen-bond donors (Lipinski definition) is 0. The van der Waals surface area contributed by atoms with Gasteiger partial charge in [0.25, 0.3) is 0 Å². The highest BCUT2D eigenvalue weighted by Crippen LogP contribution is 1.65. The molecule has 0 heterocycles. The molecule has 0 radical (unpaired) electrons. The molecule has 0 aliphatic heterocycles. The van der Waals surface area contributed by atoms with Crippen LogP contribution in [-0.2, 0) is 4.74 Å². The summed E-state index contributed by atoms with van der Waals surface area (Å²) in [5.74, 6) is 0. The van der Waals surface area contributed by atoms with Gasteiger partial charge in [-0.05, 0) is 0 Å². The molecule has 6 heavy (non-hydrogen) atoms. The van der Waals surface area contributed by atoms with Crippen molar-refractivity contribution in [2.24, 2.45) is 0 Å². The first-order valence-corrected chi connectivity index (χ1v) is 1.29. The van der Waals surface area contributed by atoms with Gasteiger partial charge >= 0.3 is 0 Å². The monoisotopic (exact) mass is 90.0 g/mol. The molecule has 0 aromatic heterocycles. The van der Waals surface area contributed by atoms with E-state index in [4.69, 9.17) is 0 Å². The maximum absolute atomic E-state index is 4.36. The zero-order valence-electron chi connectivity index (χ0n) is 3.39. The predicted octanol–water partition coefficient (Wildman–Crippen LogP) is 1.44. The molecule has 0 saturated heterocycles. The molecule has 0 rings (SSSR count). The van der Waals surface area contributed by atoms with Gasteiger partial charge < -0.3 is 4.74 Å². The fraction of sp³-hybridized carbons (Fsp3) is 0. The van der Waals surface area contributed by atoms with Crippen molar-refractivity contribution in [2.75, 3.05) is 0 Å². The van der Waals surface area contributed by atoms with Crippen LogP contribution >= 0.6 is 0 Å². The second kappa shape index (κ2) is 8.88. The van der Waals surface area contributed by atoms with Gasteiger partial charge in [-0.25, -0.2) is 0 Å². The van der Waals surface area contributed by atoms with E-state index in [1.165, 1.54) is 12.5 Å². The first kappa shape index (κ1) is 8.96. The third kappa shape index (κ3) is 10.7. The molecule has 0 bridgehead atoms. The van der Waals surface area contributed by atoms with Gasteiger partial charge in [-0.15, -0.1) is 0 Å². The normalized spacial score (nSPS) is 4.67. The third-order valence-electron chi connectivity index (χ3n) is 0.192. The highest BCUT2D eigenvalue weighted by atomic mass is 19.0. The maximum Gasteiger partial charge on any atom is 0.0829 e. The van der Waals surface area contributed by atoms with Crippen molar-refractivity contribution < 1.29 is 9.44 Å². The van der Waals surface area contributed by atoms with Crippen LogP contribution in [-0.4, -0.2) is 0 Å². The minimum absolute atomic E-state index is 0. The standard InChI is InChI=1S/C4H6O.FH/c1-3-5-4-2;/h3-4H,1-2H2;1H. The minimum Gasteiger partial charge on any atom is -0.474 e. The Morgan fingerprint density at radius 1 is 1.17 bits per heavy atom. The predicted molar refractivity (Wildman–Crippen MR) is 24.0 cm³/mol. The van der Waals surface area contributed by atoms with Crippen LogP contribution in [0.5, 0.6) is 0 Å². The number of hydrogen-bond acceptors (Lipinski definition) is 1. The lowest BCUT2D eigenvalue weighted by Crippen LogP contribution is -1.52. The fourth-order valence-corrected chi connectivity index (χ4v) is 0.0680. The summed E-state index contributed by atoms with van der Waals surface area (Å²) in [5.41, 5.74) is 0. The molecule has 0 spiro atoms. The lowest BCUT2D eigenvalue weighted by Gasteiger charge is -1.76. The molecular weight excluding hydrogens is 83.0 g/mol. The Hall–Kier alpha value is -0.790. The Bertz CT molecular complexity index is 36.8. The molecule has 36 valence electrons. The topological polar surface area (TPSA) is 9.23 Å². The van der Waals surface area contributed by atoms with E-state index in [1.807, 2.05) is 0 Å². The Balaban J connectivity index is 0. The van der Waals surface area contributed by atoms with Gasteiger partial charge in [0.1, 0.15) is 0 Å². The molecule has 0 aromatic rings. The summed E-state index contributed by atoms with van der Waals surface area (Å²) in [6.45, 7) is 6.51. The van der Waals surface area contributed by atoms with Gasteiger partial charge in [-0.3, -0.25) is 4.70 Å². The summed E-state index contributed by atoms with van der Waals surface area (Å²) < 4.78 is 4.36. The largest absolute Gasteiger partial charge is 0.474 e. The van der Waals surface area contributed by atoms with Crippen molar-refractivity contribution in [3.05, 3.63) is 25.7 Å². The molecule has 0 aliphatic carbocycles. The maximum atomic E-state index is 4.36. The Labute approximate surface area is 36.3 Å². The van der Waals surface area contributed by atoms with Crippen LogP contribution in [0.15, 0.2) is 25.7 Å².